The van der Waals surface area contributed by atoms with Crippen LogP contribution >= 0.6 is 23.4 Å². The van der Waals surface area contributed by atoms with Crippen LogP contribution < -0.4 is 10.1 Å². The van der Waals surface area contributed by atoms with Gasteiger partial charge >= 0.3 is 0 Å². The van der Waals surface area contributed by atoms with E-state index in [1.165, 1.54) is 17.8 Å². The molecular formula is C20H19ClFN3O3S. The average molecular weight is 436 g/mol. The molecule has 0 bridgehead atoms. The van der Waals surface area contributed by atoms with Gasteiger partial charge in [0, 0.05) is 16.3 Å². The van der Waals surface area contributed by atoms with Gasteiger partial charge in [-0.1, -0.05) is 22.8 Å². The van der Waals surface area contributed by atoms with E-state index in [2.05, 4.69) is 15.5 Å². The highest BCUT2D eigenvalue weighted by Crippen LogP contribution is 2.21. The number of hydrogen-bond donors (Lipinski definition) is 1. The van der Waals surface area contributed by atoms with Crippen molar-refractivity contribution in [2.75, 3.05) is 12.4 Å². The van der Waals surface area contributed by atoms with Crippen LogP contribution in [-0.2, 0) is 17.1 Å². The van der Waals surface area contributed by atoms with Crippen molar-refractivity contribution in [3.63, 3.8) is 0 Å². The fourth-order valence-corrected chi connectivity index (χ4v) is 3.43. The number of thioether (sulfide) groups is 1. The van der Waals surface area contributed by atoms with Crippen molar-refractivity contribution in [1.82, 2.24) is 15.5 Å². The number of hydrogen-bond acceptors (Lipinski definition) is 6. The molecule has 9 heteroatoms. The van der Waals surface area contributed by atoms with Gasteiger partial charge in [-0.15, -0.1) is 11.8 Å². The van der Waals surface area contributed by atoms with Crippen molar-refractivity contribution in [1.29, 1.82) is 0 Å². The third-order valence-electron chi connectivity index (χ3n) is 3.83. The minimum absolute atomic E-state index is 0.124. The van der Waals surface area contributed by atoms with E-state index in [1.807, 2.05) is 31.2 Å². The molecule has 0 unspecified atom stereocenters. The van der Waals surface area contributed by atoms with E-state index in [9.17, 15) is 9.18 Å². The molecule has 152 valence electrons. The summed E-state index contributed by atoms with van der Waals surface area (Å²) in [6.45, 7) is 2.64. The standard InChI is InChI=1S/C20H19ClFN3O3S/c1-2-27-16-7-4-13(5-8-16)20-24-19(28-25-20)10-23-18(26)12-29-11-14-3-6-15(21)9-17(14)22/h3-9H,2,10-12H2,1H3,(H,23,26). The van der Waals surface area contributed by atoms with Gasteiger partial charge in [0.15, 0.2) is 0 Å². The van der Waals surface area contributed by atoms with E-state index in [-0.39, 0.29) is 24.0 Å². The molecule has 0 radical (unpaired) electrons. The van der Waals surface area contributed by atoms with Crippen LogP contribution in [0.3, 0.4) is 0 Å². The first-order valence-corrected chi connectivity index (χ1v) is 10.4. The second kappa shape index (κ2) is 10.3. The number of ether oxygens (including phenoxy) is 1. The molecule has 29 heavy (non-hydrogen) atoms. The van der Waals surface area contributed by atoms with Crippen molar-refractivity contribution in [3.05, 3.63) is 64.8 Å². The molecule has 6 nitrogen and oxygen atoms in total. The van der Waals surface area contributed by atoms with E-state index in [0.717, 1.165) is 11.3 Å². The first-order valence-electron chi connectivity index (χ1n) is 8.89. The Morgan fingerprint density at radius 3 is 2.79 bits per heavy atom. The Morgan fingerprint density at radius 2 is 2.07 bits per heavy atom. The zero-order valence-corrected chi connectivity index (χ0v) is 17.2. The summed E-state index contributed by atoms with van der Waals surface area (Å²) in [4.78, 5) is 16.2. The number of carbonyl (C=O) groups is 1. The lowest BCUT2D eigenvalue weighted by Gasteiger charge is -2.04. The molecule has 0 atom stereocenters. The maximum Gasteiger partial charge on any atom is 0.246 e. The summed E-state index contributed by atoms with van der Waals surface area (Å²) in [5.41, 5.74) is 1.29. The van der Waals surface area contributed by atoms with Crippen LogP contribution in [0.1, 0.15) is 18.4 Å². The summed E-state index contributed by atoms with van der Waals surface area (Å²) in [5.74, 6) is 1.48. The molecule has 0 aliphatic rings. The second-order valence-corrected chi connectivity index (χ2v) is 7.40. The number of halogens is 2. The first kappa shape index (κ1) is 21.1. The van der Waals surface area contributed by atoms with Crippen molar-refractivity contribution in [2.24, 2.45) is 0 Å². The van der Waals surface area contributed by atoms with Crippen LogP contribution in [0.5, 0.6) is 5.75 Å². The van der Waals surface area contributed by atoms with Gasteiger partial charge in [-0.25, -0.2) is 4.39 Å². The van der Waals surface area contributed by atoms with Crippen molar-refractivity contribution in [2.45, 2.75) is 19.2 Å². The predicted molar refractivity (Wildman–Crippen MR) is 110 cm³/mol. The van der Waals surface area contributed by atoms with Crippen molar-refractivity contribution < 1.29 is 18.4 Å². The fourth-order valence-electron chi connectivity index (χ4n) is 2.43. The maximum atomic E-state index is 13.7. The average Bonchev–Trinajstić information content (AvgIpc) is 3.18. The highest BCUT2D eigenvalue weighted by atomic mass is 35.5. The zero-order valence-electron chi connectivity index (χ0n) is 15.7. The summed E-state index contributed by atoms with van der Waals surface area (Å²) in [6.07, 6.45) is 0. The third-order valence-corrected chi connectivity index (χ3v) is 5.05. The van der Waals surface area contributed by atoms with Crippen LogP contribution in [0, 0.1) is 5.82 Å². The predicted octanol–water partition coefficient (Wildman–Crippen LogP) is 4.48. The van der Waals surface area contributed by atoms with Gasteiger partial charge in [0.2, 0.25) is 17.6 Å². The minimum Gasteiger partial charge on any atom is -0.494 e. The van der Waals surface area contributed by atoms with Gasteiger partial charge in [0.1, 0.15) is 11.6 Å². The molecule has 1 aromatic heterocycles. The van der Waals surface area contributed by atoms with Gasteiger partial charge in [0.25, 0.3) is 0 Å². The maximum absolute atomic E-state index is 13.7. The Labute approximate surface area is 176 Å². The molecule has 1 amide bonds. The Morgan fingerprint density at radius 1 is 1.28 bits per heavy atom. The van der Waals surface area contributed by atoms with Gasteiger partial charge < -0.3 is 14.6 Å². The van der Waals surface area contributed by atoms with E-state index in [1.54, 1.807) is 12.1 Å². The quantitative estimate of drug-likeness (QED) is 0.534. The van der Waals surface area contributed by atoms with Gasteiger partial charge in [0.05, 0.1) is 18.9 Å². The third kappa shape index (κ3) is 6.20. The second-order valence-electron chi connectivity index (χ2n) is 5.97. The monoisotopic (exact) mass is 435 g/mol. The highest BCUT2D eigenvalue weighted by Gasteiger charge is 2.11. The Balaban J connectivity index is 1.44. The number of aromatic nitrogens is 2. The number of amides is 1. The van der Waals surface area contributed by atoms with Crippen LogP contribution in [0.4, 0.5) is 4.39 Å². The lowest BCUT2D eigenvalue weighted by molar-refractivity contribution is -0.118. The molecule has 1 heterocycles. The SMILES string of the molecule is CCOc1ccc(-c2noc(CNC(=O)CSCc3ccc(Cl)cc3F)n2)cc1. The van der Waals surface area contributed by atoms with E-state index >= 15 is 0 Å². The Kier molecular flexibility index (Phi) is 7.48. The van der Waals surface area contributed by atoms with Gasteiger partial charge in [-0.2, -0.15) is 4.98 Å². The lowest BCUT2D eigenvalue weighted by atomic mass is 10.2. The van der Waals surface area contributed by atoms with Gasteiger partial charge in [-0.05, 0) is 48.9 Å². The van der Waals surface area contributed by atoms with Crippen molar-refractivity contribution >= 4 is 29.3 Å². The number of nitrogens with one attached hydrogen (secondary N) is 1. The zero-order chi connectivity index (χ0) is 20.6. The molecule has 0 fully saturated rings. The summed E-state index contributed by atoms with van der Waals surface area (Å²) >= 11 is 7.03. The Hall–Kier alpha value is -2.58. The molecule has 0 aliphatic heterocycles. The molecule has 0 aliphatic carbocycles. The molecule has 0 saturated carbocycles. The van der Waals surface area contributed by atoms with Crippen molar-refractivity contribution in [3.8, 4) is 17.1 Å². The number of nitrogens with zero attached hydrogens (tertiary/aromatic N) is 2. The number of carbonyl (C=O) groups excluding carboxylic acids is 1. The summed E-state index contributed by atoms with van der Waals surface area (Å²) in [7, 11) is 0. The molecule has 2 aromatic carbocycles. The number of rotatable bonds is 9. The topological polar surface area (TPSA) is 77.3 Å². The largest absolute Gasteiger partial charge is 0.494 e. The summed E-state index contributed by atoms with van der Waals surface area (Å²) in [6, 6.07) is 11.8. The molecular weight excluding hydrogens is 417 g/mol. The molecule has 0 saturated heterocycles. The van der Waals surface area contributed by atoms with E-state index in [4.69, 9.17) is 20.9 Å². The molecule has 3 aromatic rings. The first-order chi connectivity index (χ1) is 14.0. The summed E-state index contributed by atoms with van der Waals surface area (Å²) < 4.78 is 24.3. The van der Waals surface area contributed by atoms with Crippen LogP contribution in [-0.4, -0.2) is 28.4 Å². The number of benzene rings is 2. The smallest absolute Gasteiger partial charge is 0.246 e. The fraction of sp³-hybridized carbons (Fsp3) is 0.250. The Bertz CT molecular complexity index is 966. The molecule has 1 N–H and O–H groups in total. The molecule has 3 rings (SSSR count). The van der Waals surface area contributed by atoms with Crippen LogP contribution in [0.2, 0.25) is 5.02 Å². The van der Waals surface area contributed by atoms with E-state index < -0.39 is 0 Å². The minimum atomic E-state index is -0.377. The lowest BCUT2D eigenvalue weighted by Crippen LogP contribution is -2.24. The van der Waals surface area contributed by atoms with Crippen LogP contribution in [0.25, 0.3) is 11.4 Å². The normalized spacial score (nSPS) is 10.7. The van der Waals surface area contributed by atoms with Gasteiger partial charge in [-0.3, -0.25) is 4.79 Å². The molecule has 0 spiro atoms. The van der Waals surface area contributed by atoms with E-state index in [0.29, 0.717) is 34.7 Å². The summed E-state index contributed by atoms with van der Waals surface area (Å²) in [5, 5.41) is 6.98. The van der Waals surface area contributed by atoms with Crippen LogP contribution in [0.15, 0.2) is 47.0 Å². The highest BCUT2D eigenvalue weighted by molar-refractivity contribution is 7.99.